The minimum absolute atomic E-state index is 0.699. The topological polar surface area (TPSA) is 63.6 Å². The molecule has 1 aliphatic carbocycles. The van der Waals surface area contributed by atoms with Crippen LogP contribution in [0.3, 0.4) is 0 Å². The minimum atomic E-state index is 0.699. The summed E-state index contributed by atoms with van der Waals surface area (Å²) in [6, 6.07) is 5.82. The van der Waals surface area contributed by atoms with Gasteiger partial charge in [-0.3, -0.25) is 4.98 Å². The molecule has 0 unspecified atom stereocenters. The molecule has 122 valence electrons. The van der Waals surface area contributed by atoms with Gasteiger partial charge in [-0.15, -0.1) is 11.3 Å². The van der Waals surface area contributed by atoms with Crippen molar-refractivity contribution in [2.45, 2.75) is 39.7 Å². The standard InChI is InChI=1S/C18H19N5S/c1-11-12(2)24-16(21-11)10-20-17-13-6-5-8-14(13)22-18(23-17)15-7-3-4-9-19-15/h3-4,7,9H,5-6,8,10H2,1-2H3,(H,20,22,23). The number of rotatable bonds is 4. The molecule has 0 bridgehead atoms. The number of fused-ring (bicyclic) bond motifs is 1. The van der Waals surface area contributed by atoms with E-state index >= 15 is 0 Å². The van der Waals surface area contributed by atoms with Crippen LogP contribution in [0.5, 0.6) is 0 Å². The first-order valence-electron chi connectivity index (χ1n) is 8.18. The van der Waals surface area contributed by atoms with Gasteiger partial charge in [0.15, 0.2) is 5.82 Å². The van der Waals surface area contributed by atoms with Crippen molar-refractivity contribution in [3.63, 3.8) is 0 Å². The third-order valence-corrected chi connectivity index (χ3v) is 5.38. The fourth-order valence-corrected chi connectivity index (χ4v) is 3.84. The average Bonchev–Trinajstić information content (AvgIpc) is 3.20. The van der Waals surface area contributed by atoms with Crippen LogP contribution in [-0.4, -0.2) is 19.9 Å². The lowest BCUT2D eigenvalue weighted by molar-refractivity contribution is 0.899. The Kier molecular flexibility index (Phi) is 3.98. The molecule has 0 radical (unpaired) electrons. The molecule has 3 heterocycles. The largest absolute Gasteiger partial charge is 0.363 e. The van der Waals surface area contributed by atoms with Gasteiger partial charge in [-0.1, -0.05) is 6.07 Å². The Morgan fingerprint density at radius 1 is 1.12 bits per heavy atom. The summed E-state index contributed by atoms with van der Waals surface area (Å²) >= 11 is 1.74. The van der Waals surface area contributed by atoms with E-state index in [0.29, 0.717) is 12.4 Å². The zero-order chi connectivity index (χ0) is 16.5. The van der Waals surface area contributed by atoms with E-state index in [1.165, 1.54) is 10.4 Å². The smallest absolute Gasteiger partial charge is 0.180 e. The zero-order valence-corrected chi connectivity index (χ0v) is 14.7. The summed E-state index contributed by atoms with van der Waals surface area (Å²) in [6.07, 6.45) is 4.97. The highest BCUT2D eigenvalue weighted by atomic mass is 32.1. The van der Waals surface area contributed by atoms with Gasteiger partial charge in [-0.2, -0.15) is 0 Å². The number of hydrogen-bond acceptors (Lipinski definition) is 6. The Morgan fingerprint density at radius 3 is 2.79 bits per heavy atom. The fourth-order valence-electron chi connectivity index (χ4n) is 2.96. The second kappa shape index (κ2) is 6.28. The van der Waals surface area contributed by atoms with Crippen LogP contribution < -0.4 is 5.32 Å². The summed E-state index contributed by atoms with van der Waals surface area (Å²) in [5.74, 6) is 1.63. The van der Waals surface area contributed by atoms with Crippen LogP contribution in [0.1, 0.15) is 33.3 Å². The number of thiazole rings is 1. The number of nitrogens with zero attached hydrogens (tertiary/aromatic N) is 4. The van der Waals surface area contributed by atoms with Crippen molar-refractivity contribution in [3.8, 4) is 11.5 Å². The van der Waals surface area contributed by atoms with Gasteiger partial charge < -0.3 is 5.32 Å². The molecule has 1 N–H and O–H groups in total. The Hall–Kier alpha value is -2.34. The summed E-state index contributed by atoms with van der Waals surface area (Å²) < 4.78 is 0. The number of aromatic nitrogens is 4. The fraction of sp³-hybridized carbons (Fsp3) is 0.333. The van der Waals surface area contributed by atoms with Crippen LogP contribution in [0.15, 0.2) is 24.4 Å². The normalized spacial score (nSPS) is 13.1. The lowest BCUT2D eigenvalue weighted by Gasteiger charge is -2.11. The molecule has 6 heteroatoms. The molecule has 0 aliphatic heterocycles. The van der Waals surface area contributed by atoms with Gasteiger partial charge in [0.05, 0.1) is 12.2 Å². The quantitative estimate of drug-likeness (QED) is 0.786. The molecule has 5 nitrogen and oxygen atoms in total. The van der Waals surface area contributed by atoms with Crippen molar-refractivity contribution in [3.05, 3.63) is 51.2 Å². The van der Waals surface area contributed by atoms with E-state index in [-0.39, 0.29) is 0 Å². The summed E-state index contributed by atoms with van der Waals surface area (Å²) in [7, 11) is 0. The van der Waals surface area contributed by atoms with E-state index in [4.69, 9.17) is 9.97 Å². The summed E-state index contributed by atoms with van der Waals surface area (Å²) in [5.41, 5.74) is 4.33. The molecule has 3 aromatic rings. The second-order valence-corrected chi connectivity index (χ2v) is 7.28. The van der Waals surface area contributed by atoms with Crippen molar-refractivity contribution in [1.82, 2.24) is 19.9 Å². The van der Waals surface area contributed by atoms with E-state index in [9.17, 15) is 0 Å². The molecule has 0 aromatic carbocycles. The molecule has 3 aromatic heterocycles. The molecule has 24 heavy (non-hydrogen) atoms. The molecule has 0 atom stereocenters. The van der Waals surface area contributed by atoms with Crippen molar-refractivity contribution in [2.24, 2.45) is 0 Å². The molecule has 0 saturated carbocycles. The summed E-state index contributed by atoms with van der Waals surface area (Å²) in [4.78, 5) is 19.7. The van der Waals surface area contributed by atoms with E-state index < -0.39 is 0 Å². The van der Waals surface area contributed by atoms with Gasteiger partial charge in [-0.05, 0) is 45.2 Å². The molecule has 1 aliphatic rings. The Balaban J connectivity index is 1.65. The minimum Gasteiger partial charge on any atom is -0.363 e. The monoisotopic (exact) mass is 337 g/mol. The van der Waals surface area contributed by atoms with E-state index in [1.807, 2.05) is 18.2 Å². The SMILES string of the molecule is Cc1nc(CNc2nc(-c3ccccn3)nc3c2CCC3)sc1C. The first-order valence-corrected chi connectivity index (χ1v) is 9.00. The number of pyridine rings is 1. The molecule has 0 saturated heterocycles. The first kappa shape index (κ1) is 15.2. The first-order chi connectivity index (χ1) is 11.7. The Labute approximate surface area is 145 Å². The zero-order valence-electron chi connectivity index (χ0n) is 13.8. The van der Waals surface area contributed by atoms with E-state index in [2.05, 4.69) is 29.1 Å². The summed E-state index contributed by atoms with van der Waals surface area (Å²) in [6.45, 7) is 4.86. The van der Waals surface area contributed by atoms with Crippen LogP contribution in [0.25, 0.3) is 11.5 Å². The van der Waals surface area contributed by atoms with Crippen molar-refractivity contribution >= 4 is 17.2 Å². The van der Waals surface area contributed by atoms with Crippen molar-refractivity contribution in [2.75, 3.05) is 5.32 Å². The maximum Gasteiger partial charge on any atom is 0.180 e. The van der Waals surface area contributed by atoms with Crippen molar-refractivity contribution < 1.29 is 0 Å². The maximum atomic E-state index is 4.75. The highest BCUT2D eigenvalue weighted by Crippen LogP contribution is 2.29. The highest BCUT2D eigenvalue weighted by Gasteiger charge is 2.20. The van der Waals surface area contributed by atoms with Crippen LogP contribution in [0.4, 0.5) is 5.82 Å². The van der Waals surface area contributed by atoms with Crippen LogP contribution in [0.2, 0.25) is 0 Å². The average molecular weight is 337 g/mol. The van der Waals surface area contributed by atoms with Crippen LogP contribution in [-0.2, 0) is 19.4 Å². The predicted octanol–water partition coefficient (Wildman–Crippen LogP) is 3.71. The highest BCUT2D eigenvalue weighted by molar-refractivity contribution is 7.11. The molecule has 0 spiro atoms. The number of aryl methyl sites for hydroxylation is 3. The molecule has 4 rings (SSSR count). The third kappa shape index (κ3) is 2.89. The number of hydrogen-bond donors (Lipinski definition) is 1. The maximum absolute atomic E-state index is 4.75. The van der Waals surface area contributed by atoms with Gasteiger partial charge in [0.1, 0.15) is 16.5 Å². The number of nitrogens with one attached hydrogen (secondary N) is 1. The van der Waals surface area contributed by atoms with Crippen molar-refractivity contribution in [1.29, 1.82) is 0 Å². The molecular weight excluding hydrogens is 318 g/mol. The van der Waals surface area contributed by atoms with E-state index in [1.54, 1.807) is 17.5 Å². The molecular formula is C18H19N5S. The van der Waals surface area contributed by atoms with E-state index in [0.717, 1.165) is 47.2 Å². The Morgan fingerprint density at radius 2 is 2.04 bits per heavy atom. The second-order valence-electron chi connectivity index (χ2n) is 5.99. The lowest BCUT2D eigenvalue weighted by Crippen LogP contribution is -2.07. The lowest BCUT2D eigenvalue weighted by atomic mass is 10.2. The van der Waals surface area contributed by atoms with Gasteiger partial charge in [0.2, 0.25) is 0 Å². The van der Waals surface area contributed by atoms with Gasteiger partial charge >= 0.3 is 0 Å². The summed E-state index contributed by atoms with van der Waals surface area (Å²) in [5, 5.41) is 4.57. The molecule has 0 amide bonds. The Bertz CT molecular complexity index is 853. The van der Waals surface area contributed by atoms with Gasteiger partial charge in [0, 0.05) is 22.3 Å². The van der Waals surface area contributed by atoms with Crippen LogP contribution in [0, 0.1) is 13.8 Å². The van der Waals surface area contributed by atoms with Gasteiger partial charge in [0.25, 0.3) is 0 Å². The van der Waals surface area contributed by atoms with Crippen LogP contribution >= 0.6 is 11.3 Å². The molecule has 0 fully saturated rings. The third-order valence-electron chi connectivity index (χ3n) is 4.31. The predicted molar refractivity (Wildman–Crippen MR) is 96.2 cm³/mol. The van der Waals surface area contributed by atoms with Gasteiger partial charge in [-0.25, -0.2) is 15.0 Å². The number of anilines is 1.